The summed E-state index contributed by atoms with van der Waals surface area (Å²) in [4.78, 5) is 4.63. The third-order valence-electron chi connectivity index (χ3n) is 5.29. The SMILES string of the molecule is CN=C(NCc1ccccc1S(=O)(=O)N(C)C)NCC1(CC(C)C)CCC1.I. The Kier molecular flexibility index (Phi) is 9.69. The molecule has 2 rings (SSSR count). The van der Waals surface area contributed by atoms with Crippen LogP contribution >= 0.6 is 24.0 Å². The first-order valence-corrected chi connectivity index (χ1v) is 11.1. The Labute approximate surface area is 187 Å². The molecule has 1 aliphatic rings. The lowest BCUT2D eigenvalue weighted by molar-refractivity contribution is 0.104. The number of sulfonamides is 1. The summed E-state index contributed by atoms with van der Waals surface area (Å²) >= 11 is 0. The quantitative estimate of drug-likeness (QED) is 0.312. The van der Waals surface area contributed by atoms with Crippen LogP contribution in [0.3, 0.4) is 0 Å². The number of hydrogen-bond acceptors (Lipinski definition) is 3. The van der Waals surface area contributed by atoms with Crippen molar-refractivity contribution in [3.05, 3.63) is 29.8 Å². The van der Waals surface area contributed by atoms with Crippen molar-refractivity contribution >= 4 is 40.0 Å². The molecule has 0 saturated heterocycles. The molecule has 1 aromatic rings. The van der Waals surface area contributed by atoms with Crippen LogP contribution in [0, 0.1) is 11.3 Å². The van der Waals surface area contributed by atoms with E-state index in [1.165, 1.54) is 30.0 Å². The van der Waals surface area contributed by atoms with Gasteiger partial charge in [0.1, 0.15) is 0 Å². The van der Waals surface area contributed by atoms with Crippen LogP contribution in [0.2, 0.25) is 0 Å². The molecule has 0 unspecified atom stereocenters. The van der Waals surface area contributed by atoms with Crippen LogP contribution in [0.1, 0.15) is 45.1 Å². The Morgan fingerprint density at radius 3 is 2.36 bits per heavy atom. The lowest BCUT2D eigenvalue weighted by atomic mass is 9.64. The van der Waals surface area contributed by atoms with Gasteiger partial charge in [-0.15, -0.1) is 24.0 Å². The van der Waals surface area contributed by atoms with Gasteiger partial charge < -0.3 is 10.6 Å². The maximum Gasteiger partial charge on any atom is 0.242 e. The van der Waals surface area contributed by atoms with Gasteiger partial charge in [-0.25, -0.2) is 12.7 Å². The molecule has 0 bridgehead atoms. The van der Waals surface area contributed by atoms with Gasteiger partial charge in [-0.1, -0.05) is 38.5 Å². The highest BCUT2D eigenvalue weighted by atomic mass is 127. The normalized spacial score (nSPS) is 16.5. The van der Waals surface area contributed by atoms with Crippen LogP contribution in [0.15, 0.2) is 34.2 Å². The van der Waals surface area contributed by atoms with E-state index >= 15 is 0 Å². The Morgan fingerprint density at radius 1 is 1.21 bits per heavy atom. The molecule has 1 fully saturated rings. The van der Waals surface area contributed by atoms with Gasteiger partial charge in [0.15, 0.2) is 5.96 Å². The highest BCUT2D eigenvalue weighted by molar-refractivity contribution is 14.0. The van der Waals surface area contributed by atoms with Gasteiger partial charge in [0.2, 0.25) is 10.0 Å². The van der Waals surface area contributed by atoms with E-state index in [4.69, 9.17) is 0 Å². The van der Waals surface area contributed by atoms with E-state index in [-0.39, 0.29) is 24.0 Å². The van der Waals surface area contributed by atoms with E-state index in [1.54, 1.807) is 33.3 Å². The fourth-order valence-corrected chi connectivity index (χ4v) is 4.88. The molecule has 0 heterocycles. The van der Waals surface area contributed by atoms with Gasteiger partial charge >= 0.3 is 0 Å². The first-order chi connectivity index (χ1) is 12.7. The molecule has 160 valence electrons. The standard InChI is InChI=1S/C20H34N4O2S.HI/c1-16(2)13-20(11-8-12-20)15-23-19(21-3)22-14-17-9-6-7-10-18(17)27(25,26)24(4)5;/h6-7,9-10,16H,8,11-15H2,1-5H3,(H2,21,22,23);1H. The van der Waals surface area contributed by atoms with Crippen LogP contribution in [0.5, 0.6) is 0 Å². The van der Waals surface area contributed by atoms with Crippen LogP contribution in [-0.4, -0.2) is 46.4 Å². The largest absolute Gasteiger partial charge is 0.356 e. The summed E-state index contributed by atoms with van der Waals surface area (Å²) in [6.45, 7) is 5.85. The van der Waals surface area contributed by atoms with Crippen molar-refractivity contribution in [3.8, 4) is 0 Å². The van der Waals surface area contributed by atoms with Crippen molar-refractivity contribution in [1.82, 2.24) is 14.9 Å². The molecule has 1 aromatic carbocycles. The third kappa shape index (κ3) is 6.32. The molecule has 0 aliphatic heterocycles. The van der Waals surface area contributed by atoms with Crippen molar-refractivity contribution in [2.45, 2.75) is 51.0 Å². The summed E-state index contributed by atoms with van der Waals surface area (Å²) < 4.78 is 26.3. The van der Waals surface area contributed by atoms with Crippen LogP contribution in [0.4, 0.5) is 0 Å². The number of benzene rings is 1. The Bertz CT molecular complexity index is 759. The highest BCUT2D eigenvalue weighted by Crippen LogP contribution is 2.45. The monoisotopic (exact) mass is 522 g/mol. The maximum atomic E-state index is 12.5. The summed E-state index contributed by atoms with van der Waals surface area (Å²) in [5.74, 6) is 1.40. The molecule has 28 heavy (non-hydrogen) atoms. The van der Waals surface area contributed by atoms with E-state index in [1.807, 2.05) is 12.1 Å². The van der Waals surface area contributed by atoms with Crippen LogP contribution in [-0.2, 0) is 16.6 Å². The van der Waals surface area contributed by atoms with Crippen molar-refractivity contribution in [3.63, 3.8) is 0 Å². The number of hydrogen-bond donors (Lipinski definition) is 2. The van der Waals surface area contributed by atoms with Gasteiger partial charge in [-0.05, 0) is 42.2 Å². The number of halogens is 1. The number of nitrogens with zero attached hydrogens (tertiary/aromatic N) is 2. The second kappa shape index (κ2) is 10.8. The highest BCUT2D eigenvalue weighted by Gasteiger charge is 2.37. The van der Waals surface area contributed by atoms with Gasteiger partial charge in [0.25, 0.3) is 0 Å². The number of aliphatic imine (C=N–C) groups is 1. The molecule has 8 heteroatoms. The molecule has 1 saturated carbocycles. The van der Waals surface area contributed by atoms with E-state index in [0.29, 0.717) is 28.7 Å². The molecule has 0 radical (unpaired) electrons. The van der Waals surface area contributed by atoms with Crippen molar-refractivity contribution in [2.24, 2.45) is 16.3 Å². The zero-order valence-electron chi connectivity index (χ0n) is 17.7. The lowest BCUT2D eigenvalue weighted by Crippen LogP contribution is -2.46. The lowest BCUT2D eigenvalue weighted by Gasteiger charge is -2.43. The van der Waals surface area contributed by atoms with E-state index in [0.717, 1.165) is 12.1 Å². The minimum atomic E-state index is -3.47. The molecule has 0 aromatic heterocycles. The third-order valence-corrected chi connectivity index (χ3v) is 7.20. The van der Waals surface area contributed by atoms with Crippen molar-refractivity contribution < 1.29 is 8.42 Å². The number of rotatable bonds is 8. The molecule has 0 spiro atoms. The van der Waals surface area contributed by atoms with E-state index in [9.17, 15) is 8.42 Å². The molecule has 2 N–H and O–H groups in total. The summed E-state index contributed by atoms with van der Waals surface area (Å²) in [5, 5.41) is 6.71. The van der Waals surface area contributed by atoms with Crippen LogP contribution in [0.25, 0.3) is 0 Å². The average molecular weight is 522 g/mol. The predicted octanol–water partition coefficient (Wildman–Crippen LogP) is 3.44. The summed E-state index contributed by atoms with van der Waals surface area (Å²) in [7, 11) is 1.37. The zero-order valence-corrected chi connectivity index (χ0v) is 20.8. The molecule has 6 nitrogen and oxygen atoms in total. The molecule has 1 aliphatic carbocycles. The first kappa shape index (κ1) is 25.2. The van der Waals surface area contributed by atoms with Gasteiger partial charge in [-0.3, -0.25) is 4.99 Å². The first-order valence-electron chi connectivity index (χ1n) is 9.65. The second-order valence-electron chi connectivity index (χ2n) is 8.13. The minimum Gasteiger partial charge on any atom is -0.356 e. The van der Waals surface area contributed by atoms with Gasteiger partial charge in [0.05, 0.1) is 4.90 Å². The zero-order chi connectivity index (χ0) is 20.1. The number of guanidine groups is 1. The smallest absolute Gasteiger partial charge is 0.242 e. The van der Waals surface area contributed by atoms with Crippen molar-refractivity contribution in [1.29, 1.82) is 0 Å². The fraction of sp³-hybridized carbons (Fsp3) is 0.650. The van der Waals surface area contributed by atoms with E-state index in [2.05, 4.69) is 29.5 Å². The summed E-state index contributed by atoms with van der Waals surface area (Å²) in [6.07, 6.45) is 5.05. The summed E-state index contributed by atoms with van der Waals surface area (Å²) in [6, 6.07) is 7.09. The second-order valence-corrected chi connectivity index (χ2v) is 10.2. The molecule has 0 amide bonds. The molecular weight excluding hydrogens is 487 g/mol. The topological polar surface area (TPSA) is 73.8 Å². The van der Waals surface area contributed by atoms with Gasteiger partial charge in [-0.2, -0.15) is 0 Å². The average Bonchev–Trinajstić information content (AvgIpc) is 2.59. The van der Waals surface area contributed by atoms with Crippen molar-refractivity contribution in [2.75, 3.05) is 27.7 Å². The maximum absolute atomic E-state index is 12.5. The number of nitrogens with one attached hydrogen (secondary N) is 2. The van der Waals surface area contributed by atoms with Gasteiger partial charge in [0, 0.05) is 34.2 Å². The molecular formula is C20H35IN4O2S. The minimum absolute atomic E-state index is 0. The Morgan fingerprint density at radius 2 is 1.86 bits per heavy atom. The predicted molar refractivity (Wildman–Crippen MR) is 127 cm³/mol. The Balaban J connectivity index is 0.00000392. The fourth-order valence-electron chi connectivity index (χ4n) is 3.76. The summed E-state index contributed by atoms with van der Waals surface area (Å²) in [5.41, 5.74) is 1.10. The van der Waals surface area contributed by atoms with Crippen LogP contribution < -0.4 is 10.6 Å². The van der Waals surface area contributed by atoms with E-state index < -0.39 is 10.0 Å². The Hall–Kier alpha value is -0.870. The molecule has 0 atom stereocenters.